The fourth-order valence-corrected chi connectivity index (χ4v) is 2.67. The first-order valence-electron chi connectivity index (χ1n) is 8.10. The first-order valence-corrected chi connectivity index (χ1v) is 8.10. The molecule has 1 aliphatic rings. The van der Waals surface area contributed by atoms with Crippen LogP contribution in [-0.4, -0.2) is 26.6 Å². The van der Waals surface area contributed by atoms with Gasteiger partial charge in [0.2, 0.25) is 17.8 Å². The average Bonchev–Trinajstić information content (AvgIpc) is 2.94. The van der Waals surface area contributed by atoms with E-state index in [4.69, 9.17) is 0 Å². The van der Waals surface area contributed by atoms with E-state index < -0.39 is 6.04 Å². The highest BCUT2D eigenvalue weighted by atomic mass is 16.2. The van der Waals surface area contributed by atoms with Gasteiger partial charge in [-0.3, -0.25) is 14.9 Å². The number of hydrogen-bond acceptors (Lipinski definition) is 4. The van der Waals surface area contributed by atoms with Crippen LogP contribution in [0.4, 0.5) is 5.95 Å². The van der Waals surface area contributed by atoms with Gasteiger partial charge in [-0.25, -0.2) is 4.68 Å². The zero-order valence-corrected chi connectivity index (χ0v) is 13.8. The van der Waals surface area contributed by atoms with Crippen LogP contribution in [0.15, 0.2) is 30.3 Å². The van der Waals surface area contributed by atoms with Gasteiger partial charge in [-0.2, -0.15) is 10.1 Å². The minimum Gasteiger partial charge on any atom is -0.350 e. The van der Waals surface area contributed by atoms with Crippen molar-refractivity contribution in [2.75, 3.05) is 5.32 Å². The molecule has 0 unspecified atom stereocenters. The highest BCUT2D eigenvalue weighted by molar-refractivity contribution is 5.96. The van der Waals surface area contributed by atoms with E-state index in [0.29, 0.717) is 30.7 Å². The number of fused-ring (bicyclic) bond motifs is 1. The molecule has 1 aliphatic heterocycles. The summed E-state index contributed by atoms with van der Waals surface area (Å²) in [4.78, 5) is 28.7. The van der Waals surface area contributed by atoms with Crippen molar-refractivity contribution in [2.24, 2.45) is 5.92 Å². The van der Waals surface area contributed by atoms with Gasteiger partial charge in [-0.05, 0) is 11.5 Å². The molecule has 3 rings (SSSR count). The molecular formula is C17H21N5O2. The Hall–Kier alpha value is -2.70. The van der Waals surface area contributed by atoms with Crippen molar-refractivity contribution >= 4 is 17.8 Å². The van der Waals surface area contributed by atoms with Crippen LogP contribution in [0, 0.1) is 5.92 Å². The quantitative estimate of drug-likeness (QED) is 0.874. The molecule has 1 atom stereocenters. The number of aromatic nitrogens is 3. The number of nitrogens with one attached hydrogen (secondary N) is 2. The van der Waals surface area contributed by atoms with Crippen molar-refractivity contribution in [2.45, 2.75) is 39.3 Å². The number of hydrogen-bond donors (Lipinski definition) is 2. The van der Waals surface area contributed by atoms with Crippen LogP contribution in [0.3, 0.4) is 0 Å². The fourth-order valence-electron chi connectivity index (χ4n) is 2.67. The Bertz CT molecular complexity index is 739. The first kappa shape index (κ1) is 16.2. The zero-order valence-electron chi connectivity index (χ0n) is 13.8. The molecular weight excluding hydrogens is 306 g/mol. The summed E-state index contributed by atoms with van der Waals surface area (Å²) >= 11 is 0. The molecule has 1 aromatic heterocycles. The lowest BCUT2D eigenvalue weighted by Gasteiger charge is -2.22. The molecule has 7 nitrogen and oxygen atoms in total. The summed E-state index contributed by atoms with van der Waals surface area (Å²) < 4.78 is 1.53. The van der Waals surface area contributed by atoms with Gasteiger partial charge in [0.1, 0.15) is 6.04 Å². The third-order valence-electron chi connectivity index (χ3n) is 3.80. The van der Waals surface area contributed by atoms with Crippen LogP contribution in [-0.2, 0) is 22.6 Å². The van der Waals surface area contributed by atoms with Gasteiger partial charge in [0, 0.05) is 13.0 Å². The van der Waals surface area contributed by atoms with Crippen LogP contribution in [0.2, 0.25) is 0 Å². The Balaban J connectivity index is 1.74. The Morgan fingerprint density at radius 3 is 2.83 bits per heavy atom. The van der Waals surface area contributed by atoms with E-state index in [1.807, 2.05) is 30.3 Å². The molecule has 7 heteroatoms. The molecule has 24 heavy (non-hydrogen) atoms. The molecule has 2 amide bonds. The Morgan fingerprint density at radius 1 is 1.38 bits per heavy atom. The summed E-state index contributed by atoms with van der Waals surface area (Å²) in [6.45, 7) is 4.56. The smallest absolute Gasteiger partial charge is 0.245 e. The summed E-state index contributed by atoms with van der Waals surface area (Å²) in [7, 11) is 0. The van der Waals surface area contributed by atoms with Gasteiger partial charge < -0.3 is 5.32 Å². The minimum atomic E-state index is -0.661. The van der Waals surface area contributed by atoms with Crippen LogP contribution in [0.25, 0.3) is 0 Å². The van der Waals surface area contributed by atoms with Crippen molar-refractivity contribution in [1.82, 2.24) is 20.1 Å². The second kappa shape index (κ2) is 6.82. The number of anilines is 1. The summed E-state index contributed by atoms with van der Waals surface area (Å²) in [5.41, 5.74) is 1.01. The van der Waals surface area contributed by atoms with Crippen LogP contribution in [0.1, 0.15) is 37.7 Å². The lowest BCUT2D eigenvalue weighted by atomic mass is 10.1. The van der Waals surface area contributed by atoms with E-state index in [1.165, 1.54) is 4.68 Å². The van der Waals surface area contributed by atoms with E-state index >= 15 is 0 Å². The lowest BCUT2D eigenvalue weighted by Crippen LogP contribution is -2.39. The van der Waals surface area contributed by atoms with E-state index in [9.17, 15) is 9.59 Å². The van der Waals surface area contributed by atoms with Crippen molar-refractivity contribution in [3.63, 3.8) is 0 Å². The van der Waals surface area contributed by atoms with Gasteiger partial charge in [-0.15, -0.1) is 0 Å². The van der Waals surface area contributed by atoms with E-state index in [2.05, 4.69) is 34.6 Å². The molecule has 0 bridgehead atoms. The van der Waals surface area contributed by atoms with E-state index in [0.717, 1.165) is 5.56 Å². The van der Waals surface area contributed by atoms with Crippen molar-refractivity contribution in [1.29, 1.82) is 0 Å². The Kier molecular flexibility index (Phi) is 4.59. The van der Waals surface area contributed by atoms with Crippen molar-refractivity contribution in [3.8, 4) is 0 Å². The van der Waals surface area contributed by atoms with Crippen molar-refractivity contribution < 1.29 is 9.59 Å². The number of benzene rings is 1. The minimum absolute atomic E-state index is 0.0676. The molecule has 0 spiro atoms. The van der Waals surface area contributed by atoms with Gasteiger partial charge in [-0.1, -0.05) is 44.2 Å². The molecule has 0 saturated carbocycles. The first-order chi connectivity index (χ1) is 11.5. The van der Waals surface area contributed by atoms with Crippen LogP contribution < -0.4 is 10.6 Å². The molecule has 0 radical (unpaired) electrons. The number of nitrogens with zero attached hydrogens (tertiary/aromatic N) is 3. The predicted molar refractivity (Wildman–Crippen MR) is 89.1 cm³/mol. The van der Waals surface area contributed by atoms with Crippen LogP contribution >= 0.6 is 0 Å². The Labute approximate surface area is 140 Å². The summed E-state index contributed by atoms with van der Waals surface area (Å²) in [5, 5.41) is 9.97. The number of carbonyl (C=O) groups excluding carboxylic acids is 2. The van der Waals surface area contributed by atoms with Gasteiger partial charge in [0.05, 0.1) is 6.42 Å². The number of carbonyl (C=O) groups is 2. The largest absolute Gasteiger partial charge is 0.350 e. The molecule has 0 saturated heterocycles. The number of rotatable bonds is 5. The van der Waals surface area contributed by atoms with E-state index in [-0.39, 0.29) is 18.2 Å². The second-order valence-corrected chi connectivity index (χ2v) is 6.37. The monoisotopic (exact) mass is 327 g/mol. The molecule has 0 fully saturated rings. The molecule has 1 aromatic carbocycles. The SMILES string of the molecule is CC(C)Cc1nc2n(n1)[C@@H](C(=O)NCc1ccccc1)CC(=O)N2. The molecule has 2 N–H and O–H groups in total. The van der Waals surface area contributed by atoms with Gasteiger partial charge in [0.15, 0.2) is 5.82 Å². The molecule has 2 aromatic rings. The third-order valence-corrected chi connectivity index (χ3v) is 3.80. The maximum absolute atomic E-state index is 12.5. The maximum atomic E-state index is 12.5. The third kappa shape index (κ3) is 3.61. The van der Waals surface area contributed by atoms with Crippen molar-refractivity contribution in [3.05, 3.63) is 41.7 Å². The highest BCUT2D eigenvalue weighted by Gasteiger charge is 2.32. The summed E-state index contributed by atoms with van der Waals surface area (Å²) in [6.07, 6.45) is 0.770. The summed E-state index contributed by atoms with van der Waals surface area (Å²) in [5.74, 6) is 0.946. The zero-order chi connectivity index (χ0) is 17.1. The second-order valence-electron chi connectivity index (χ2n) is 6.37. The fraction of sp³-hybridized carbons (Fsp3) is 0.412. The van der Waals surface area contributed by atoms with Crippen LogP contribution in [0.5, 0.6) is 0 Å². The molecule has 2 heterocycles. The molecule has 0 aliphatic carbocycles. The van der Waals surface area contributed by atoms with Gasteiger partial charge in [0.25, 0.3) is 0 Å². The predicted octanol–water partition coefficient (Wildman–Crippen LogP) is 1.68. The lowest BCUT2D eigenvalue weighted by molar-refractivity contribution is -0.129. The molecule has 126 valence electrons. The maximum Gasteiger partial charge on any atom is 0.245 e. The van der Waals surface area contributed by atoms with Gasteiger partial charge >= 0.3 is 0 Å². The topological polar surface area (TPSA) is 88.9 Å². The number of amides is 2. The standard InChI is InChI=1S/C17H21N5O2/c1-11(2)8-14-19-17-20-15(23)9-13(22(17)21-14)16(24)18-10-12-6-4-3-5-7-12/h3-7,11,13H,8-10H2,1-2H3,(H,18,24)(H,19,20,21,23)/t13-/m1/s1. The summed E-state index contributed by atoms with van der Waals surface area (Å²) in [6, 6.07) is 8.98. The average molecular weight is 327 g/mol. The van der Waals surface area contributed by atoms with E-state index in [1.54, 1.807) is 0 Å². The Morgan fingerprint density at radius 2 is 2.12 bits per heavy atom. The normalized spacial score (nSPS) is 16.6. The highest BCUT2D eigenvalue weighted by Crippen LogP contribution is 2.23.